The van der Waals surface area contributed by atoms with Crippen LogP contribution in [0, 0.1) is 10.1 Å². The zero-order valence-electron chi connectivity index (χ0n) is 16.6. The number of likely N-dealkylation sites (N-methyl/N-ethyl adjacent to an activating group) is 1. The number of furan rings is 1. The number of aliphatic imine (C=N–C) groups is 1. The molecule has 1 aromatic heterocycles. The van der Waals surface area contributed by atoms with Gasteiger partial charge in [-0.25, -0.2) is 4.99 Å². The van der Waals surface area contributed by atoms with E-state index in [0.29, 0.717) is 32.9 Å². The standard InChI is InChI=1S/C22H17N3O5S/c1-24-21(26)20(31-22(24)23-14-6-4-3-5-7-14)13-16-9-11-19(30-16)17-12-15(25(27)28)8-10-18(17)29-2/h3-13H,1-2H3/b20-13-,23-22?. The molecule has 1 saturated heterocycles. The molecule has 0 atom stereocenters. The number of non-ortho nitro benzene ring substituents is 1. The van der Waals surface area contributed by atoms with E-state index in [0.717, 1.165) is 5.69 Å². The minimum absolute atomic E-state index is 0.0722. The van der Waals surface area contributed by atoms with Crippen LogP contribution in [0.15, 0.2) is 75.0 Å². The van der Waals surface area contributed by atoms with Crippen LogP contribution >= 0.6 is 11.8 Å². The molecule has 31 heavy (non-hydrogen) atoms. The highest BCUT2D eigenvalue weighted by atomic mass is 32.2. The lowest BCUT2D eigenvalue weighted by Crippen LogP contribution is -2.23. The van der Waals surface area contributed by atoms with Crippen LogP contribution in [0.4, 0.5) is 11.4 Å². The zero-order chi connectivity index (χ0) is 22.0. The number of benzene rings is 2. The lowest BCUT2D eigenvalue weighted by atomic mass is 10.1. The molecule has 4 rings (SSSR count). The van der Waals surface area contributed by atoms with Crippen molar-refractivity contribution in [3.63, 3.8) is 0 Å². The summed E-state index contributed by atoms with van der Waals surface area (Å²) in [4.78, 5) is 29.7. The molecular formula is C22H17N3O5S. The number of nitro benzene ring substituents is 1. The normalized spacial score (nSPS) is 16.3. The first-order chi connectivity index (χ1) is 15.0. The summed E-state index contributed by atoms with van der Waals surface area (Å²) in [5.41, 5.74) is 1.14. The van der Waals surface area contributed by atoms with Crippen LogP contribution in [0.25, 0.3) is 17.4 Å². The van der Waals surface area contributed by atoms with Crippen molar-refractivity contribution in [2.75, 3.05) is 14.2 Å². The monoisotopic (exact) mass is 435 g/mol. The van der Waals surface area contributed by atoms with Gasteiger partial charge in [0.05, 0.1) is 28.2 Å². The fraction of sp³-hybridized carbons (Fsp3) is 0.0909. The Labute approximate surface area is 182 Å². The van der Waals surface area contributed by atoms with E-state index in [-0.39, 0.29) is 11.6 Å². The van der Waals surface area contributed by atoms with Crippen molar-refractivity contribution in [3.8, 4) is 17.1 Å². The fourth-order valence-electron chi connectivity index (χ4n) is 2.97. The van der Waals surface area contributed by atoms with Gasteiger partial charge in [-0.1, -0.05) is 18.2 Å². The first-order valence-corrected chi connectivity index (χ1v) is 10.0. The minimum atomic E-state index is -0.480. The van der Waals surface area contributed by atoms with E-state index in [1.165, 1.54) is 42.0 Å². The van der Waals surface area contributed by atoms with E-state index in [1.54, 1.807) is 25.3 Å². The molecule has 2 heterocycles. The number of ether oxygens (including phenoxy) is 1. The number of hydrogen-bond acceptors (Lipinski definition) is 7. The number of nitro groups is 1. The van der Waals surface area contributed by atoms with Crippen LogP contribution in [0.2, 0.25) is 0 Å². The van der Waals surface area contributed by atoms with E-state index < -0.39 is 4.92 Å². The largest absolute Gasteiger partial charge is 0.496 e. The lowest BCUT2D eigenvalue weighted by molar-refractivity contribution is -0.384. The van der Waals surface area contributed by atoms with Gasteiger partial charge < -0.3 is 9.15 Å². The molecule has 1 aliphatic rings. The van der Waals surface area contributed by atoms with Crippen molar-refractivity contribution >= 4 is 40.3 Å². The average Bonchev–Trinajstić information content (AvgIpc) is 3.35. The molecular weight excluding hydrogens is 418 g/mol. The molecule has 9 heteroatoms. The summed E-state index contributed by atoms with van der Waals surface area (Å²) in [5, 5.41) is 11.7. The SMILES string of the molecule is COc1ccc([N+](=O)[O-])cc1-c1ccc(/C=C2\SC(=Nc3ccccc3)N(C)C2=O)o1. The van der Waals surface area contributed by atoms with Gasteiger partial charge in [0, 0.05) is 25.3 Å². The molecule has 0 spiro atoms. The van der Waals surface area contributed by atoms with Gasteiger partial charge in [-0.15, -0.1) is 0 Å². The van der Waals surface area contributed by atoms with Crippen molar-refractivity contribution in [1.29, 1.82) is 0 Å². The number of hydrogen-bond donors (Lipinski definition) is 0. The number of amidine groups is 1. The first kappa shape index (κ1) is 20.4. The van der Waals surface area contributed by atoms with Crippen LogP contribution in [-0.4, -0.2) is 35.1 Å². The van der Waals surface area contributed by atoms with E-state index in [1.807, 2.05) is 30.3 Å². The molecule has 1 aliphatic heterocycles. The number of thioether (sulfide) groups is 1. The highest BCUT2D eigenvalue weighted by Gasteiger charge is 2.30. The molecule has 156 valence electrons. The maximum atomic E-state index is 12.6. The second-order valence-electron chi connectivity index (χ2n) is 6.55. The molecule has 0 N–H and O–H groups in total. The molecule has 0 bridgehead atoms. The van der Waals surface area contributed by atoms with Crippen LogP contribution in [0.5, 0.6) is 5.75 Å². The number of carbonyl (C=O) groups excluding carboxylic acids is 1. The van der Waals surface area contributed by atoms with Crippen molar-refractivity contribution < 1.29 is 18.9 Å². The average molecular weight is 435 g/mol. The van der Waals surface area contributed by atoms with Crippen molar-refractivity contribution in [2.24, 2.45) is 4.99 Å². The summed E-state index contributed by atoms with van der Waals surface area (Å²) in [6.45, 7) is 0. The third kappa shape index (κ3) is 4.22. The van der Waals surface area contributed by atoms with Crippen molar-refractivity contribution in [1.82, 2.24) is 4.90 Å². The molecule has 0 saturated carbocycles. The highest BCUT2D eigenvalue weighted by Crippen LogP contribution is 2.37. The summed E-state index contributed by atoms with van der Waals surface area (Å²) in [6, 6.07) is 17.0. The second kappa shape index (κ2) is 8.49. The van der Waals surface area contributed by atoms with Crippen molar-refractivity contribution in [2.45, 2.75) is 0 Å². The number of amides is 1. The Morgan fingerprint density at radius 3 is 2.65 bits per heavy atom. The smallest absolute Gasteiger partial charge is 0.270 e. The summed E-state index contributed by atoms with van der Waals surface area (Å²) in [6.07, 6.45) is 1.63. The Kier molecular flexibility index (Phi) is 5.59. The third-order valence-electron chi connectivity index (χ3n) is 4.54. The van der Waals surface area contributed by atoms with Crippen LogP contribution in [0.1, 0.15) is 5.76 Å². The summed E-state index contributed by atoms with van der Waals surface area (Å²) in [5.74, 6) is 1.09. The quantitative estimate of drug-likeness (QED) is 0.314. The highest BCUT2D eigenvalue weighted by molar-refractivity contribution is 8.18. The van der Waals surface area contributed by atoms with Crippen LogP contribution in [0.3, 0.4) is 0 Å². The maximum absolute atomic E-state index is 12.6. The minimum Gasteiger partial charge on any atom is -0.496 e. The number of methoxy groups -OCH3 is 1. The summed E-state index contributed by atoms with van der Waals surface area (Å²) < 4.78 is 11.1. The Bertz CT molecular complexity index is 1220. The molecule has 0 radical (unpaired) electrons. The predicted octanol–water partition coefficient (Wildman–Crippen LogP) is 5.10. The van der Waals surface area contributed by atoms with Gasteiger partial charge in [-0.2, -0.15) is 0 Å². The van der Waals surface area contributed by atoms with E-state index >= 15 is 0 Å². The Morgan fingerprint density at radius 1 is 1.16 bits per heavy atom. The number of para-hydroxylation sites is 1. The fourth-order valence-corrected chi connectivity index (χ4v) is 3.94. The molecule has 1 fully saturated rings. The molecule has 2 aromatic carbocycles. The van der Waals surface area contributed by atoms with Gasteiger partial charge in [0.25, 0.3) is 11.6 Å². The number of nitrogens with zero attached hydrogens (tertiary/aromatic N) is 3. The molecule has 8 nitrogen and oxygen atoms in total. The molecule has 1 amide bonds. The zero-order valence-corrected chi connectivity index (χ0v) is 17.5. The Morgan fingerprint density at radius 2 is 1.94 bits per heavy atom. The third-order valence-corrected chi connectivity index (χ3v) is 5.60. The number of rotatable bonds is 5. The predicted molar refractivity (Wildman–Crippen MR) is 119 cm³/mol. The Balaban J connectivity index is 1.63. The lowest BCUT2D eigenvalue weighted by Gasteiger charge is -2.06. The molecule has 0 aliphatic carbocycles. The van der Waals surface area contributed by atoms with E-state index in [2.05, 4.69) is 4.99 Å². The van der Waals surface area contributed by atoms with Gasteiger partial charge in [-0.3, -0.25) is 19.8 Å². The first-order valence-electron chi connectivity index (χ1n) is 9.20. The second-order valence-corrected chi connectivity index (χ2v) is 7.56. The molecule has 3 aromatic rings. The maximum Gasteiger partial charge on any atom is 0.270 e. The summed E-state index contributed by atoms with van der Waals surface area (Å²) >= 11 is 1.25. The van der Waals surface area contributed by atoms with E-state index in [9.17, 15) is 14.9 Å². The number of carbonyl (C=O) groups is 1. The van der Waals surface area contributed by atoms with Gasteiger partial charge >= 0.3 is 0 Å². The van der Waals surface area contributed by atoms with Gasteiger partial charge in [0.2, 0.25) is 0 Å². The topological polar surface area (TPSA) is 98.2 Å². The summed E-state index contributed by atoms with van der Waals surface area (Å²) in [7, 11) is 3.15. The van der Waals surface area contributed by atoms with E-state index in [4.69, 9.17) is 9.15 Å². The molecule has 0 unspecified atom stereocenters. The Hall–Kier alpha value is -3.85. The van der Waals surface area contributed by atoms with Crippen molar-refractivity contribution in [3.05, 3.63) is 81.4 Å². The van der Waals surface area contributed by atoms with Gasteiger partial charge in [-0.05, 0) is 42.1 Å². The van der Waals surface area contributed by atoms with Crippen LogP contribution in [-0.2, 0) is 4.79 Å². The van der Waals surface area contributed by atoms with Gasteiger partial charge in [0.15, 0.2) is 5.17 Å². The van der Waals surface area contributed by atoms with Gasteiger partial charge in [0.1, 0.15) is 17.3 Å². The van der Waals surface area contributed by atoms with Crippen LogP contribution < -0.4 is 4.74 Å².